The number of hydrogen-bond donors (Lipinski definition) is 1. The second-order valence-electron chi connectivity index (χ2n) is 6.53. The number of ketones is 2. The summed E-state index contributed by atoms with van der Waals surface area (Å²) in [5.74, 6) is -0.153. The minimum Gasteiger partial charge on any atom is -0.494 e. The van der Waals surface area contributed by atoms with Gasteiger partial charge < -0.3 is 14.5 Å². The Labute approximate surface area is 158 Å². The van der Waals surface area contributed by atoms with Crippen LogP contribution in [0.1, 0.15) is 57.4 Å². The van der Waals surface area contributed by atoms with Crippen molar-refractivity contribution in [1.82, 2.24) is 4.98 Å². The van der Waals surface area contributed by atoms with Gasteiger partial charge in [0.2, 0.25) is 5.78 Å². The quantitative estimate of drug-likeness (QED) is 0.412. The summed E-state index contributed by atoms with van der Waals surface area (Å²) in [5, 5.41) is 0. The first-order valence-electron chi connectivity index (χ1n) is 8.88. The van der Waals surface area contributed by atoms with E-state index in [0.29, 0.717) is 35.5 Å². The Hall–Kier alpha value is -2.89. The molecule has 0 aliphatic heterocycles. The van der Waals surface area contributed by atoms with Crippen LogP contribution >= 0.6 is 0 Å². The number of rotatable bonds is 9. The average molecular weight is 371 g/mol. The second kappa shape index (κ2) is 9.16. The number of carbonyl (C=O) groups excluding carboxylic acids is 3. The average Bonchev–Trinajstić information content (AvgIpc) is 2.91. The molecule has 0 saturated heterocycles. The molecular weight excluding hydrogens is 346 g/mol. The van der Waals surface area contributed by atoms with Crippen LogP contribution in [-0.4, -0.2) is 35.7 Å². The number of esters is 1. The number of Topliss-reactive ketones (excluding diaryl/α,β-unsaturated/α-hetero) is 2. The van der Waals surface area contributed by atoms with Gasteiger partial charge in [-0.15, -0.1) is 0 Å². The molecule has 27 heavy (non-hydrogen) atoms. The molecular formula is C21H25NO5. The van der Waals surface area contributed by atoms with Crippen LogP contribution in [0.2, 0.25) is 0 Å². The third-order valence-electron chi connectivity index (χ3n) is 4.22. The van der Waals surface area contributed by atoms with Crippen molar-refractivity contribution in [3.8, 4) is 5.75 Å². The number of ether oxygens (including phenoxy) is 2. The zero-order chi connectivity index (χ0) is 20.0. The number of aromatic nitrogens is 1. The van der Waals surface area contributed by atoms with Gasteiger partial charge in [-0.1, -0.05) is 12.1 Å². The zero-order valence-electron chi connectivity index (χ0n) is 16.2. The van der Waals surface area contributed by atoms with Crippen molar-refractivity contribution in [2.45, 2.75) is 40.5 Å². The standard InChI is InChI=1S/C21H25NO5/c1-13-7-5-8-17(11-13)26-10-6-9-19(25)27-12-18(24)21-14(2)20(16(4)23)15(3)22-21/h5,7-8,11,22H,6,9-10,12H2,1-4H3. The van der Waals surface area contributed by atoms with Crippen molar-refractivity contribution in [3.05, 3.63) is 52.3 Å². The Bertz CT molecular complexity index is 850. The lowest BCUT2D eigenvalue weighted by Gasteiger charge is -2.07. The predicted octanol–water partition coefficient (Wildman–Crippen LogP) is 3.73. The normalized spacial score (nSPS) is 10.5. The summed E-state index contributed by atoms with van der Waals surface area (Å²) in [6.45, 7) is 6.92. The molecule has 0 bridgehead atoms. The van der Waals surface area contributed by atoms with Crippen molar-refractivity contribution in [2.24, 2.45) is 0 Å². The molecule has 0 aliphatic carbocycles. The maximum absolute atomic E-state index is 12.3. The van der Waals surface area contributed by atoms with Crippen LogP contribution in [0, 0.1) is 20.8 Å². The maximum Gasteiger partial charge on any atom is 0.306 e. The molecule has 6 heteroatoms. The van der Waals surface area contributed by atoms with Crippen molar-refractivity contribution < 1.29 is 23.9 Å². The molecule has 0 fully saturated rings. The van der Waals surface area contributed by atoms with E-state index in [4.69, 9.17) is 9.47 Å². The molecule has 0 spiro atoms. The molecule has 0 amide bonds. The number of hydrogen-bond acceptors (Lipinski definition) is 5. The molecule has 0 saturated carbocycles. The summed E-state index contributed by atoms with van der Waals surface area (Å²) in [4.78, 5) is 38.6. The van der Waals surface area contributed by atoms with E-state index in [9.17, 15) is 14.4 Å². The van der Waals surface area contributed by atoms with Crippen LogP contribution in [0.25, 0.3) is 0 Å². The number of H-pyrrole nitrogens is 1. The molecule has 1 heterocycles. The molecule has 2 rings (SSSR count). The summed E-state index contributed by atoms with van der Waals surface area (Å²) < 4.78 is 10.6. The summed E-state index contributed by atoms with van der Waals surface area (Å²) in [6.07, 6.45) is 0.663. The molecule has 1 aromatic heterocycles. The van der Waals surface area contributed by atoms with E-state index in [1.54, 1.807) is 13.8 Å². The third-order valence-corrected chi connectivity index (χ3v) is 4.22. The van der Waals surface area contributed by atoms with E-state index in [2.05, 4.69) is 4.98 Å². The van der Waals surface area contributed by atoms with Gasteiger partial charge >= 0.3 is 5.97 Å². The highest BCUT2D eigenvalue weighted by atomic mass is 16.5. The maximum atomic E-state index is 12.3. The van der Waals surface area contributed by atoms with E-state index in [1.807, 2.05) is 31.2 Å². The molecule has 1 N–H and O–H groups in total. The summed E-state index contributed by atoms with van der Waals surface area (Å²) in [6, 6.07) is 7.67. The minimum absolute atomic E-state index is 0.106. The van der Waals surface area contributed by atoms with Crippen LogP contribution in [0.3, 0.4) is 0 Å². The van der Waals surface area contributed by atoms with Gasteiger partial charge in [0.05, 0.1) is 12.3 Å². The van der Waals surface area contributed by atoms with Crippen molar-refractivity contribution in [2.75, 3.05) is 13.2 Å². The number of aromatic amines is 1. The number of aryl methyl sites for hydroxylation is 2. The van der Waals surface area contributed by atoms with Gasteiger partial charge in [-0.2, -0.15) is 0 Å². The van der Waals surface area contributed by atoms with E-state index in [1.165, 1.54) is 6.92 Å². The van der Waals surface area contributed by atoms with Crippen LogP contribution < -0.4 is 4.74 Å². The van der Waals surface area contributed by atoms with Crippen molar-refractivity contribution >= 4 is 17.5 Å². The van der Waals surface area contributed by atoms with E-state index < -0.39 is 5.97 Å². The van der Waals surface area contributed by atoms with Gasteiger partial charge in [-0.25, -0.2) is 0 Å². The first kappa shape index (κ1) is 20.4. The van der Waals surface area contributed by atoms with Crippen molar-refractivity contribution in [3.63, 3.8) is 0 Å². The minimum atomic E-state index is -0.455. The number of benzene rings is 1. The highest BCUT2D eigenvalue weighted by molar-refractivity contribution is 6.04. The highest BCUT2D eigenvalue weighted by Gasteiger charge is 2.20. The number of carbonyl (C=O) groups is 3. The Morgan fingerprint density at radius 2 is 1.85 bits per heavy atom. The van der Waals surface area contributed by atoms with Gasteiger partial charge in [0.25, 0.3) is 0 Å². The van der Waals surface area contributed by atoms with Crippen molar-refractivity contribution in [1.29, 1.82) is 0 Å². The Morgan fingerprint density at radius 1 is 1.11 bits per heavy atom. The Morgan fingerprint density at radius 3 is 2.48 bits per heavy atom. The first-order valence-corrected chi connectivity index (χ1v) is 8.88. The van der Waals surface area contributed by atoms with Gasteiger partial charge in [0.1, 0.15) is 5.75 Å². The number of nitrogens with one attached hydrogen (secondary N) is 1. The smallest absolute Gasteiger partial charge is 0.306 e. The van der Waals surface area contributed by atoms with Crippen LogP contribution in [0.5, 0.6) is 5.75 Å². The lowest BCUT2D eigenvalue weighted by molar-refractivity contribution is -0.142. The van der Waals surface area contributed by atoms with E-state index >= 15 is 0 Å². The molecule has 0 atom stereocenters. The fourth-order valence-corrected chi connectivity index (χ4v) is 2.96. The topological polar surface area (TPSA) is 85.5 Å². The van der Waals surface area contributed by atoms with Gasteiger partial charge in [-0.3, -0.25) is 14.4 Å². The fraction of sp³-hybridized carbons (Fsp3) is 0.381. The molecule has 0 unspecified atom stereocenters. The SMILES string of the molecule is CC(=O)c1c(C)[nH]c(C(=O)COC(=O)CCCOc2cccc(C)c2)c1C. The summed E-state index contributed by atoms with van der Waals surface area (Å²) >= 11 is 0. The van der Waals surface area contributed by atoms with E-state index in [0.717, 1.165) is 11.3 Å². The molecule has 0 radical (unpaired) electrons. The molecule has 2 aromatic rings. The lowest BCUT2D eigenvalue weighted by Crippen LogP contribution is -2.16. The van der Waals surface area contributed by atoms with E-state index in [-0.39, 0.29) is 24.6 Å². The lowest BCUT2D eigenvalue weighted by atomic mass is 10.1. The molecule has 6 nitrogen and oxygen atoms in total. The summed E-state index contributed by atoms with van der Waals surface area (Å²) in [7, 11) is 0. The van der Waals surface area contributed by atoms with Crippen LogP contribution in [-0.2, 0) is 9.53 Å². The fourth-order valence-electron chi connectivity index (χ4n) is 2.96. The van der Waals surface area contributed by atoms with Gasteiger partial charge in [-0.05, 0) is 57.4 Å². The molecule has 144 valence electrons. The molecule has 1 aromatic carbocycles. The largest absolute Gasteiger partial charge is 0.494 e. The zero-order valence-corrected chi connectivity index (χ0v) is 16.2. The predicted molar refractivity (Wildman–Crippen MR) is 101 cm³/mol. The van der Waals surface area contributed by atoms with Crippen LogP contribution in [0.4, 0.5) is 0 Å². The Kier molecular flexibility index (Phi) is 6.93. The molecule has 0 aliphatic rings. The highest BCUT2D eigenvalue weighted by Crippen LogP contribution is 2.19. The first-order chi connectivity index (χ1) is 12.8. The summed E-state index contributed by atoms with van der Waals surface area (Å²) in [5.41, 5.74) is 3.16. The van der Waals surface area contributed by atoms with Crippen LogP contribution in [0.15, 0.2) is 24.3 Å². The second-order valence-corrected chi connectivity index (χ2v) is 6.53. The monoisotopic (exact) mass is 371 g/mol. The van der Waals surface area contributed by atoms with Gasteiger partial charge in [0, 0.05) is 17.7 Å². The van der Waals surface area contributed by atoms with Gasteiger partial charge in [0.15, 0.2) is 12.4 Å². The third kappa shape index (κ3) is 5.54. The Balaban J connectivity index is 1.76.